The van der Waals surface area contributed by atoms with Crippen molar-refractivity contribution >= 4 is 33.8 Å². The molecule has 0 unspecified atom stereocenters. The van der Waals surface area contributed by atoms with Crippen molar-refractivity contribution in [2.45, 2.75) is 0 Å². The van der Waals surface area contributed by atoms with Gasteiger partial charge in [0.05, 0.1) is 4.34 Å². The van der Waals surface area contributed by atoms with Crippen LogP contribution in [-0.4, -0.2) is 10.1 Å². The molecule has 2 heterocycles. The van der Waals surface area contributed by atoms with Crippen molar-refractivity contribution in [2.75, 3.05) is 0 Å². The second-order valence-electron chi connectivity index (χ2n) is 3.56. The molecule has 0 aliphatic carbocycles. The van der Waals surface area contributed by atoms with E-state index in [-0.39, 0.29) is 5.88 Å². The molecule has 0 aliphatic heterocycles. The van der Waals surface area contributed by atoms with Crippen LogP contribution in [-0.2, 0) is 0 Å². The summed E-state index contributed by atoms with van der Waals surface area (Å²) < 4.78 is 0.782. The molecular formula is C12H8ClNOS. The van der Waals surface area contributed by atoms with E-state index < -0.39 is 0 Å². The quantitative estimate of drug-likeness (QED) is 0.664. The molecule has 2 N–H and O–H groups in total. The maximum atomic E-state index is 9.35. The van der Waals surface area contributed by atoms with E-state index in [2.05, 4.69) is 4.98 Å². The zero-order valence-corrected chi connectivity index (χ0v) is 9.77. The number of aromatic nitrogens is 1. The number of hydrogen-bond acceptors (Lipinski definition) is 2. The van der Waals surface area contributed by atoms with Gasteiger partial charge in [0, 0.05) is 21.8 Å². The predicted octanol–water partition coefficient (Wildman–Crippen LogP) is 4.26. The highest BCUT2D eigenvalue weighted by atomic mass is 35.5. The van der Waals surface area contributed by atoms with Crippen molar-refractivity contribution in [2.24, 2.45) is 0 Å². The minimum Gasteiger partial charge on any atom is -0.495 e. The number of aromatic hydroxyl groups is 1. The molecule has 0 atom stereocenters. The topological polar surface area (TPSA) is 36.0 Å². The molecule has 2 aromatic heterocycles. The smallest absolute Gasteiger partial charge is 0.189 e. The molecule has 1 aromatic carbocycles. The lowest BCUT2D eigenvalue weighted by atomic mass is 10.1. The Hall–Kier alpha value is -1.45. The minimum absolute atomic E-state index is 0.191. The average molecular weight is 250 g/mol. The highest BCUT2D eigenvalue weighted by molar-refractivity contribution is 7.19. The molecule has 0 spiro atoms. The summed E-state index contributed by atoms with van der Waals surface area (Å²) in [5.41, 5.74) is 2.03. The lowest BCUT2D eigenvalue weighted by Crippen LogP contribution is -1.72. The van der Waals surface area contributed by atoms with Crippen molar-refractivity contribution in [3.63, 3.8) is 0 Å². The van der Waals surface area contributed by atoms with Gasteiger partial charge in [0.15, 0.2) is 5.88 Å². The summed E-state index contributed by atoms with van der Waals surface area (Å²) in [5, 5.41) is 10.4. The molecule has 0 fully saturated rings. The van der Waals surface area contributed by atoms with E-state index in [4.69, 9.17) is 11.6 Å². The van der Waals surface area contributed by atoms with E-state index in [0.717, 1.165) is 25.7 Å². The van der Waals surface area contributed by atoms with E-state index in [1.807, 2.05) is 30.3 Å². The van der Waals surface area contributed by atoms with Crippen LogP contribution in [0.4, 0.5) is 0 Å². The largest absolute Gasteiger partial charge is 0.495 e. The first-order valence-corrected chi connectivity index (χ1v) is 5.99. The number of benzene rings is 1. The Kier molecular flexibility index (Phi) is 2.16. The Labute approximate surface area is 101 Å². The van der Waals surface area contributed by atoms with Crippen LogP contribution in [0.3, 0.4) is 0 Å². The second kappa shape index (κ2) is 3.54. The van der Waals surface area contributed by atoms with Crippen LogP contribution < -0.4 is 0 Å². The molecule has 2 nitrogen and oxygen atoms in total. The third-order valence-corrected chi connectivity index (χ3v) is 3.75. The molecule has 3 aromatic rings. The Morgan fingerprint density at radius 3 is 2.75 bits per heavy atom. The van der Waals surface area contributed by atoms with Gasteiger partial charge in [-0.2, -0.15) is 0 Å². The molecule has 0 saturated carbocycles. The summed E-state index contributed by atoms with van der Waals surface area (Å²) in [6.45, 7) is 0. The number of halogens is 1. The summed E-state index contributed by atoms with van der Waals surface area (Å²) in [6.07, 6.45) is 0. The van der Waals surface area contributed by atoms with Gasteiger partial charge in [0.2, 0.25) is 0 Å². The van der Waals surface area contributed by atoms with Gasteiger partial charge < -0.3 is 10.1 Å². The van der Waals surface area contributed by atoms with Crippen molar-refractivity contribution < 1.29 is 5.11 Å². The summed E-state index contributed by atoms with van der Waals surface area (Å²) in [7, 11) is 0. The first-order valence-electron chi connectivity index (χ1n) is 4.80. The van der Waals surface area contributed by atoms with Crippen molar-refractivity contribution in [1.29, 1.82) is 0 Å². The van der Waals surface area contributed by atoms with E-state index >= 15 is 0 Å². The van der Waals surface area contributed by atoms with Crippen molar-refractivity contribution in [3.05, 3.63) is 40.7 Å². The molecule has 0 bridgehead atoms. The molecule has 0 amide bonds. The monoisotopic (exact) mass is 249 g/mol. The highest BCUT2D eigenvalue weighted by Crippen LogP contribution is 2.33. The number of nitrogens with one attached hydrogen (secondary N) is 1. The Balaban J connectivity index is 2.17. The summed E-state index contributed by atoms with van der Waals surface area (Å²) >= 11 is 7.45. The van der Waals surface area contributed by atoms with Crippen LogP contribution in [0.5, 0.6) is 5.88 Å². The van der Waals surface area contributed by atoms with E-state index in [1.165, 1.54) is 0 Å². The van der Waals surface area contributed by atoms with Gasteiger partial charge in [-0.15, -0.1) is 11.3 Å². The third kappa shape index (κ3) is 1.58. The predicted molar refractivity (Wildman–Crippen MR) is 68.3 cm³/mol. The molecule has 16 heavy (non-hydrogen) atoms. The van der Waals surface area contributed by atoms with Crippen molar-refractivity contribution in [3.8, 4) is 16.3 Å². The molecular weight excluding hydrogens is 242 g/mol. The summed E-state index contributed by atoms with van der Waals surface area (Å²) in [6, 6.07) is 11.6. The van der Waals surface area contributed by atoms with Crippen LogP contribution in [0.2, 0.25) is 4.34 Å². The van der Waals surface area contributed by atoms with Gasteiger partial charge in [0.1, 0.15) is 0 Å². The highest BCUT2D eigenvalue weighted by Gasteiger charge is 2.04. The Morgan fingerprint density at radius 2 is 2.00 bits per heavy atom. The van der Waals surface area contributed by atoms with Crippen LogP contribution >= 0.6 is 22.9 Å². The molecule has 3 rings (SSSR count). The molecule has 80 valence electrons. The number of hydrogen-bond donors (Lipinski definition) is 2. The molecule has 0 aliphatic rings. The third-order valence-electron chi connectivity index (χ3n) is 2.47. The second-order valence-corrected chi connectivity index (χ2v) is 5.28. The lowest BCUT2D eigenvalue weighted by Gasteiger charge is -1.97. The number of thiophene rings is 1. The lowest BCUT2D eigenvalue weighted by molar-refractivity contribution is 0.458. The zero-order chi connectivity index (χ0) is 11.1. The standard InChI is InChI=1S/C12H8ClNOS/c13-11-4-3-10(16-11)8-2-1-7-6-12(15)14-9(7)5-8/h1-6,14-15H. The minimum atomic E-state index is 0.191. The van der Waals surface area contributed by atoms with Crippen LogP contribution in [0.1, 0.15) is 0 Å². The van der Waals surface area contributed by atoms with Gasteiger partial charge in [-0.1, -0.05) is 23.7 Å². The van der Waals surface area contributed by atoms with Gasteiger partial charge in [-0.25, -0.2) is 0 Å². The maximum absolute atomic E-state index is 9.35. The number of aromatic amines is 1. The maximum Gasteiger partial charge on any atom is 0.189 e. The van der Waals surface area contributed by atoms with E-state index in [9.17, 15) is 5.11 Å². The average Bonchev–Trinajstić information content (AvgIpc) is 2.81. The fraction of sp³-hybridized carbons (Fsp3) is 0. The fourth-order valence-electron chi connectivity index (χ4n) is 1.73. The van der Waals surface area contributed by atoms with Crippen LogP contribution in [0.15, 0.2) is 36.4 Å². The first-order chi connectivity index (χ1) is 7.72. The van der Waals surface area contributed by atoms with E-state index in [1.54, 1.807) is 17.4 Å². The fourth-order valence-corrected chi connectivity index (χ4v) is 2.77. The first kappa shape index (κ1) is 9.75. The SMILES string of the molecule is Oc1cc2ccc(-c3ccc(Cl)s3)cc2[nH]1. The van der Waals surface area contributed by atoms with Gasteiger partial charge in [-0.3, -0.25) is 0 Å². The Bertz CT molecular complexity index is 656. The van der Waals surface area contributed by atoms with Gasteiger partial charge in [-0.05, 0) is 23.8 Å². The van der Waals surface area contributed by atoms with E-state index in [0.29, 0.717) is 0 Å². The molecule has 0 radical (unpaired) electrons. The number of H-pyrrole nitrogens is 1. The zero-order valence-electron chi connectivity index (χ0n) is 8.20. The van der Waals surface area contributed by atoms with Crippen LogP contribution in [0, 0.1) is 0 Å². The number of rotatable bonds is 1. The summed E-state index contributed by atoms with van der Waals surface area (Å²) in [4.78, 5) is 4.03. The summed E-state index contributed by atoms with van der Waals surface area (Å²) in [5.74, 6) is 0.191. The Morgan fingerprint density at radius 1 is 1.12 bits per heavy atom. The normalized spacial score (nSPS) is 11.1. The molecule has 4 heteroatoms. The van der Waals surface area contributed by atoms with Gasteiger partial charge >= 0.3 is 0 Å². The van der Waals surface area contributed by atoms with Gasteiger partial charge in [0.25, 0.3) is 0 Å². The number of fused-ring (bicyclic) bond motifs is 1. The van der Waals surface area contributed by atoms with Crippen molar-refractivity contribution in [1.82, 2.24) is 4.98 Å². The molecule has 0 saturated heterocycles. The van der Waals surface area contributed by atoms with Crippen LogP contribution in [0.25, 0.3) is 21.3 Å².